The maximum absolute atomic E-state index is 12.1. The minimum absolute atomic E-state index is 0.0253. The number of nitrogen functional groups attached to an aromatic ring is 1. The van der Waals surface area contributed by atoms with E-state index in [1.165, 1.54) is 23.9 Å². The van der Waals surface area contributed by atoms with E-state index in [1.807, 2.05) is 20.8 Å². The molecule has 188 valence electrons. The van der Waals surface area contributed by atoms with Gasteiger partial charge in [-0.25, -0.2) is 9.20 Å². The number of thioether (sulfide) groups is 1. The number of aliphatic hydroxyl groups is 2. The van der Waals surface area contributed by atoms with Crippen molar-refractivity contribution in [2.75, 3.05) is 24.7 Å². The molecule has 13 nitrogen and oxygen atoms in total. The minimum Gasteiger partial charge on any atom is -0.387 e. The highest BCUT2D eigenvalue weighted by Gasteiger charge is 2.54. The van der Waals surface area contributed by atoms with Crippen LogP contribution in [0.1, 0.15) is 40.3 Å². The molecule has 1 aliphatic heterocycles. The predicted molar refractivity (Wildman–Crippen MR) is 123 cm³/mol. The van der Waals surface area contributed by atoms with Gasteiger partial charge in [-0.15, -0.1) is 9.05 Å². The van der Waals surface area contributed by atoms with E-state index < -0.39 is 43.4 Å². The average molecular weight is 519 g/mol. The molecular weight excluding hydrogens is 489 g/mol. The van der Waals surface area contributed by atoms with Crippen molar-refractivity contribution in [3.05, 3.63) is 22.9 Å². The third-order valence-corrected chi connectivity index (χ3v) is 7.69. The van der Waals surface area contributed by atoms with Gasteiger partial charge in [0, 0.05) is 28.1 Å². The summed E-state index contributed by atoms with van der Waals surface area (Å²) in [5, 5.41) is 21.5. The molecule has 0 radical (unpaired) electrons. The Hall–Kier alpha value is -1.93. The van der Waals surface area contributed by atoms with E-state index >= 15 is 0 Å². The Bertz CT molecular complexity index is 1120. The SMILES string of the molecule is CCC(C)(C)C(=O)SCCO[P+](=O)OC[C@H]1O[C@@H](n2ccn3c(=O)nc(N)nc23)C(C)(O)[C@H]1O. The van der Waals surface area contributed by atoms with Crippen LogP contribution in [-0.2, 0) is 23.1 Å². The van der Waals surface area contributed by atoms with Crippen molar-refractivity contribution >= 4 is 36.9 Å². The number of aromatic nitrogens is 4. The fourth-order valence-electron chi connectivity index (χ4n) is 3.25. The van der Waals surface area contributed by atoms with Crippen molar-refractivity contribution in [1.29, 1.82) is 0 Å². The van der Waals surface area contributed by atoms with Crippen LogP contribution in [0, 0.1) is 5.41 Å². The second-order valence-electron chi connectivity index (χ2n) is 8.66. The maximum Gasteiger partial charge on any atom is 0.697 e. The number of nitrogens with two attached hydrogens (primary N) is 1. The van der Waals surface area contributed by atoms with Crippen molar-refractivity contribution < 1.29 is 33.4 Å². The Kier molecular flexibility index (Phi) is 8.13. The smallest absolute Gasteiger partial charge is 0.387 e. The van der Waals surface area contributed by atoms with Crippen LogP contribution in [0.2, 0.25) is 0 Å². The third kappa shape index (κ3) is 5.48. The molecule has 0 saturated carbocycles. The van der Waals surface area contributed by atoms with Crippen molar-refractivity contribution in [3.63, 3.8) is 0 Å². The predicted octanol–water partition coefficient (Wildman–Crippen LogP) is 0.869. The first-order valence-corrected chi connectivity index (χ1v) is 12.7. The molecule has 34 heavy (non-hydrogen) atoms. The standard InChI is InChI=1S/C19H28N5O8PS/c1-5-18(2,3)14(26)34-9-8-30-33(29)31-10-11-12(25)19(4,28)13(32-11)23-6-7-24-16(23)21-15(20)22-17(24)27/h6-7,11-13,25,28H,5,8-10H2,1-4H3,(H-,20,22,27)/p+1/t11-,12+,13-,19?/m1/s1. The van der Waals surface area contributed by atoms with Gasteiger partial charge in [0.1, 0.15) is 31.0 Å². The first-order chi connectivity index (χ1) is 15.9. The average Bonchev–Trinajstić information content (AvgIpc) is 3.28. The number of hydrogen-bond acceptors (Lipinski definition) is 12. The summed E-state index contributed by atoms with van der Waals surface area (Å²) in [5.74, 6) is 0.122. The van der Waals surface area contributed by atoms with Crippen molar-refractivity contribution in [2.45, 2.75) is 58.2 Å². The zero-order chi connectivity index (χ0) is 25.3. The molecule has 0 aromatic carbocycles. The highest BCUT2D eigenvalue weighted by atomic mass is 32.2. The van der Waals surface area contributed by atoms with E-state index in [4.69, 9.17) is 19.5 Å². The van der Waals surface area contributed by atoms with E-state index in [0.717, 1.165) is 16.2 Å². The highest BCUT2D eigenvalue weighted by Crippen LogP contribution is 2.40. The van der Waals surface area contributed by atoms with Gasteiger partial charge < -0.3 is 20.7 Å². The van der Waals surface area contributed by atoms with Gasteiger partial charge >= 0.3 is 13.9 Å². The number of nitrogens with zero attached hydrogens (tertiary/aromatic N) is 4. The molecule has 1 aliphatic rings. The Morgan fingerprint density at radius 1 is 1.38 bits per heavy atom. The molecule has 2 aromatic rings. The summed E-state index contributed by atoms with van der Waals surface area (Å²) in [5.41, 5.74) is 2.65. The third-order valence-electron chi connectivity index (χ3n) is 5.75. The van der Waals surface area contributed by atoms with E-state index in [9.17, 15) is 24.4 Å². The first kappa shape index (κ1) is 26.7. The van der Waals surface area contributed by atoms with Crippen LogP contribution in [0.5, 0.6) is 0 Å². The summed E-state index contributed by atoms with van der Waals surface area (Å²) in [6, 6.07) is 0. The van der Waals surface area contributed by atoms with Gasteiger partial charge in [0.05, 0.1) is 0 Å². The lowest BCUT2D eigenvalue weighted by atomic mass is 9.92. The lowest BCUT2D eigenvalue weighted by Crippen LogP contribution is -2.44. The number of imidazole rings is 1. The molecule has 5 atom stereocenters. The Labute approximate surface area is 200 Å². The summed E-state index contributed by atoms with van der Waals surface area (Å²) >= 11 is 1.10. The molecule has 0 bridgehead atoms. The number of aliphatic hydroxyl groups excluding tert-OH is 1. The van der Waals surface area contributed by atoms with Gasteiger partial charge in [-0.05, 0) is 13.3 Å². The lowest BCUT2D eigenvalue weighted by Gasteiger charge is -2.27. The van der Waals surface area contributed by atoms with E-state index in [-0.39, 0.29) is 30.1 Å². The van der Waals surface area contributed by atoms with Gasteiger partial charge in [0.15, 0.2) is 11.3 Å². The topological polar surface area (TPSA) is 180 Å². The summed E-state index contributed by atoms with van der Waals surface area (Å²) in [4.78, 5) is 31.6. The molecule has 3 heterocycles. The van der Waals surface area contributed by atoms with Crippen LogP contribution < -0.4 is 11.4 Å². The van der Waals surface area contributed by atoms with Gasteiger partial charge in [0.25, 0.3) is 0 Å². The lowest BCUT2D eigenvalue weighted by molar-refractivity contribution is -0.118. The van der Waals surface area contributed by atoms with Crippen molar-refractivity contribution in [2.24, 2.45) is 5.41 Å². The number of carbonyl (C=O) groups excluding carboxylic acids is 1. The zero-order valence-electron chi connectivity index (χ0n) is 19.3. The maximum atomic E-state index is 12.1. The minimum atomic E-state index is -2.54. The molecule has 0 amide bonds. The second-order valence-corrected chi connectivity index (χ2v) is 10.7. The molecule has 2 aromatic heterocycles. The van der Waals surface area contributed by atoms with Gasteiger partial charge in [0.2, 0.25) is 11.7 Å². The molecule has 1 saturated heterocycles. The van der Waals surface area contributed by atoms with Crippen LogP contribution in [0.25, 0.3) is 5.78 Å². The highest BCUT2D eigenvalue weighted by molar-refractivity contribution is 8.13. The fraction of sp³-hybridized carbons (Fsp3) is 0.684. The van der Waals surface area contributed by atoms with Crippen LogP contribution in [-0.4, -0.2) is 71.0 Å². The van der Waals surface area contributed by atoms with E-state index in [2.05, 4.69) is 9.97 Å². The zero-order valence-corrected chi connectivity index (χ0v) is 21.0. The molecule has 3 rings (SSSR count). The molecule has 1 fully saturated rings. The van der Waals surface area contributed by atoms with Crippen LogP contribution in [0.15, 0.2) is 17.2 Å². The Morgan fingerprint density at radius 2 is 2.09 bits per heavy atom. The fourth-order valence-corrected chi connectivity index (χ4v) is 4.85. The molecule has 0 aliphatic carbocycles. The number of carbonyl (C=O) groups is 1. The number of ether oxygens (including phenoxy) is 1. The normalized spacial score (nSPS) is 25.7. The van der Waals surface area contributed by atoms with Gasteiger partial charge in [-0.3, -0.25) is 9.36 Å². The number of fused-ring (bicyclic) bond motifs is 1. The van der Waals surface area contributed by atoms with E-state index in [0.29, 0.717) is 12.2 Å². The second kappa shape index (κ2) is 10.4. The summed E-state index contributed by atoms with van der Waals surface area (Å²) in [7, 11) is -2.54. The van der Waals surface area contributed by atoms with Crippen molar-refractivity contribution in [3.8, 4) is 0 Å². The number of hydrogen-bond donors (Lipinski definition) is 3. The monoisotopic (exact) mass is 518 g/mol. The molecule has 4 N–H and O–H groups in total. The summed E-state index contributed by atoms with van der Waals surface area (Å²) in [6.45, 7) is 6.70. The molecule has 15 heteroatoms. The first-order valence-electron chi connectivity index (χ1n) is 10.6. The van der Waals surface area contributed by atoms with Gasteiger partial charge in [-0.2, -0.15) is 9.97 Å². The van der Waals surface area contributed by atoms with E-state index in [1.54, 1.807) is 0 Å². The molecular formula is C19H29N5O8PS+. The Morgan fingerprint density at radius 3 is 2.76 bits per heavy atom. The van der Waals surface area contributed by atoms with Gasteiger partial charge in [-0.1, -0.05) is 32.5 Å². The molecule has 2 unspecified atom stereocenters. The Balaban J connectivity index is 1.57. The van der Waals surface area contributed by atoms with Crippen LogP contribution >= 0.6 is 20.0 Å². The summed E-state index contributed by atoms with van der Waals surface area (Å²) < 4.78 is 30.6. The largest absolute Gasteiger partial charge is 0.697 e. The quantitative estimate of drug-likeness (QED) is 0.299. The number of rotatable bonds is 10. The van der Waals surface area contributed by atoms with Crippen LogP contribution in [0.4, 0.5) is 5.95 Å². The number of anilines is 1. The molecule has 0 spiro atoms. The van der Waals surface area contributed by atoms with Crippen molar-refractivity contribution in [1.82, 2.24) is 18.9 Å². The van der Waals surface area contributed by atoms with Crippen LogP contribution in [0.3, 0.4) is 0 Å². The summed E-state index contributed by atoms with van der Waals surface area (Å²) in [6.07, 6.45) is -0.111.